The molecule has 0 radical (unpaired) electrons. The molecule has 0 aliphatic heterocycles. The third-order valence-electron chi connectivity index (χ3n) is 1.35. The van der Waals surface area contributed by atoms with Crippen LogP contribution < -0.4 is 0 Å². The summed E-state index contributed by atoms with van der Waals surface area (Å²) in [6, 6.07) is 0. The molecule has 0 amide bonds. The molecular weight excluding hydrogens is 164 g/mol. The lowest BCUT2D eigenvalue weighted by Crippen LogP contribution is -1.83. The largest absolute Gasteiger partial charge is 0.0841 e. The molecule has 0 bridgehead atoms. The fourth-order valence-electron chi connectivity index (χ4n) is 0.732. The minimum absolute atomic E-state index is 1.09. The van der Waals surface area contributed by atoms with Crippen LogP contribution >= 0.6 is 15.9 Å². The van der Waals surface area contributed by atoms with Crippen molar-refractivity contribution in [2.75, 3.05) is 0 Å². The third-order valence-corrected chi connectivity index (χ3v) is 2.35. The van der Waals surface area contributed by atoms with E-state index in [-0.39, 0.29) is 0 Å². The molecule has 0 spiro atoms. The van der Waals surface area contributed by atoms with Crippen molar-refractivity contribution in [2.45, 2.75) is 19.8 Å². The molecule has 1 heteroatoms. The summed E-state index contributed by atoms with van der Waals surface area (Å²) >= 11 is 3.48. The summed E-state index contributed by atoms with van der Waals surface area (Å²) in [6.45, 7) is 2.16. The number of hydrogen-bond acceptors (Lipinski definition) is 0. The van der Waals surface area contributed by atoms with Gasteiger partial charge >= 0.3 is 0 Å². The lowest BCUT2D eigenvalue weighted by atomic mass is 10.1. The zero-order chi connectivity index (χ0) is 5.98. The Kier molecular flexibility index (Phi) is 1.90. The Morgan fingerprint density at radius 2 is 2.00 bits per heavy atom. The molecule has 0 aromatic carbocycles. The van der Waals surface area contributed by atoms with Crippen molar-refractivity contribution in [3.05, 3.63) is 22.2 Å². The van der Waals surface area contributed by atoms with Gasteiger partial charge in [-0.2, -0.15) is 0 Å². The molecule has 0 nitrogen and oxygen atoms in total. The van der Waals surface area contributed by atoms with Gasteiger partial charge in [-0.25, -0.2) is 0 Å². The predicted molar refractivity (Wildman–Crippen MR) is 40.0 cm³/mol. The Bertz CT molecular complexity index is 126. The molecule has 0 fully saturated rings. The van der Waals surface area contributed by atoms with E-state index < -0.39 is 0 Å². The summed E-state index contributed by atoms with van der Waals surface area (Å²) in [5.74, 6) is 0. The van der Waals surface area contributed by atoms with Crippen LogP contribution in [-0.4, -0.2) is 0 Å². The van der Waals surface area contributed by atoms with Crippen molar-refractivity contribution in [1.29, 1.82) is 0 Å². The molecule has 1 rings (SSSR count). The molecule has 0 N–H and O–H groups in total. The van der Waals surface area contributed by atoms with Gasteiger partial charge in [-0.05, 0) is 24.2 Å². The van der Waals surface area contributed by atoms with Crippen LogP contribution in [0.1, 0.15) is 19.8 Å². The van der Waals surface area contributed by atoms with Crippen LogP contribution in [0.25, 0.3) is 0 Å². The second kappa shape index (κ2) is 2.49. The highest BCUT2D eigenvalue weighted by Gasteiger charge is 1.98. The molecule has 0 unspecified atom stereocenters. The molecule has 8 heavy (non-hydrogen) atoms. The first-order chi connectivity index (χ1) is 3.80. The minimum Gasteiger partial charge on any atom is -0.0841 e. The standard InChI is InChI=1S/C7H9Br/c1-6-4-2-3-5-7(6)8/h2-3H,4-5H2,1H3. The van der Waals surface area contributed by atoms with Crippen LogP contribution in [0.2, 0.25) is 0 Å². The second-order valence-electron chi connectivity index (χ2n) is 2.06. The summed E-state index contributed by atoms with van der Waals surface area (Å²) in [5, 5.41) is 0. The van der Waals surface area contributed by atoms with E-state index in [1.807, 2.05) is 0 Å². The molecule has 0 heterocycles. The van der Waals surface area contributed by atoms with Crippen molar-refractivity contribution >= 4 is 15.9 Å². The van der Waals surface area contributed by atoms with Gasteiger partial charge in [0.2, 0.25) is 0 Å². The lowest BCUT2D eigenvalue weighted by Gasteiger charge is -2.04. The zero-order valence-electron chi connectivity index (χ0n) is 4.95. The quantitative estimate of drug-likeness (QED) is 0.494. The van der Waals surface area contributed by atoms with Crippen LogP contribution in [0.3, 0.4) is 0 Å². The van der Waals surface area contributed by atoms with E-state index in [0.29, 0.717) is 0 Å². The molecule has 44 valence electrons. The lowest BCUT2D eigenvalue weighted by molar-refractivity contribution is 1.10. The number of rotatable bonds is 0. The average molecular weight is 173 g/mol. The summed E-state index contributed by atoms with van der Waals surface area (Å²) in [7, 11) is 0. The number of allylic oxidation sites excluding steroid dienone is 4. The average Bonchev–Trinajstić information content (AvgIpc) is 1.77. The molecule has 0 atom stereocenters. The van der Waals surface area contributed by atoms with Crippen molar-refractivity contribution in [3.8, 4) is 0 Å². The Labute approximate surface area is 58.4 Å². The van der Waals surface area contributed by atoms with Gasteiger partial charge in [0.1, 0.15) is 0 Å². The smallest absolute Gasteiger partial charge is 0.00193 e. The van der Waals surface area contributed by atoms with Crippen LogP contribution in [0.15, 0.2) is 22.2 Å². The van der Waals surface area contributed by atoms with Crippen LogP contribution in [0.5, 0.6) is 0 Å². The van der Waals surface area contributed by atoms with E-state index in [2.05, 4.69) is 35.0 Å². The Morgan fingerprint density at radius 3 is 2.38 bits per heavy atom. The summed E-state index contributed by atoms with van der Waals surface area (Å²) < 4.78 is 1.36. The topological polar surface area (TPSA) is 0 Å². The minimum atomic E-state index is 1.09. The normalized spacial score (nSPS) is 19.8. The fourth-order valence-corrected chi connectivity index (χ4v) is 1.08. The van der Waals surface area contributed by atoms with Crippen molar-refractivity contribution < 1.29 is 0 Å². The predicted octanol–water partition coefficient (Wildman–Crippen LogP) is 3.01. The molecule has 0 aromatic heterocycles. The van der Waals surface area contributed by atoms with Gasteiger partial charge in [0.25, 0.3) is 0 Å². The van der Waals surface area contributed by atoms with E-state index in [1.54, 1.807) is 0 Å². The molecule has 0 saturated carbocycles. The van der Waals surface area contributed by atoms with Crippen molar-refractivity contribution in [2.24, 2.45) is 0 Å². The molecule has 1 aliphatic carbocycles. The summed E-state index contributed by atoms with van der Waals surface area (Å²) in [6.07, 6.45) is 6.61. The second-order valence-corrected chi connectivity index (χ2v) is 3.02. The first kappa shape index (κ1) is 6.09. The zero-order valence-corrected chi connectivity index (χ0v) is 6.53. The first-order valence-corrected chi connectivity index (χ1v) is 3.59. The maximum Gasteiger partial charge on any atom is -0.00193 e. The number of hydrogen-bond donors (Lipinski definition) is 0. The maximum atomic E-state index is 3.48. The number of halogens is 1. The van der Waals surface area contributed by atoms with Gasteiger partial charge < -0.3 is 0 Å². The summed E-state index contributed by atoms with van der Waals surface area (Å²) in [5.41, 5.74) is 1.47. The molecular formula is C7H9Br. The Balaban J connectivity index is 2.67. The van der Waals surface area contributed by atoms with Crippen LogP contribution in [0, 0.1) is 0 Å². The Hall–Kier alpha value is -0.0400. The van der Waals surface area contributed by atoms with E-state index in [0.717, 1.165) is 12.8 Å². The van der Waals surface area contributed by atoms with E-state index in [9.17, 15) is 0 Å². The first-order valence-electron chi connectivity index (χ1n) is 2.80. The highest BCUT2D eigenvalue weighted by Crippen LogP contribution is 2.23. The maximum absolute atomic E-state index is 3.48. The SMILES string of the molecule is CC1=C(Br)CC=CC1. The summed E-state index contributed by atoms with van der Waals surface area (Å²) in [4.78, 5) is 0. The van der Waals surface area contributed by atoms with Crippen molar-refractivity contribution in [3.63, 3.8) is 0 Å². The van der Waals surface area contributed by atoms with Crippen LogP contribution in [-0.2, 0) is 0 Å². The van der Waals surface area contributed by atoms with E-state index in [1.165, 1.54) is 10.1 Å². The van der Waals surface area contributed by atoms with Gasteiger partial charge in [-0.1, -0.05) is 33.7 Å². The highest BCUT2D eigenvalue weighted by molar-refractivity contribution is 9.11. The third kappa shape index (κ3) is 1.22. The molecule has 0 aromatic rings. The van der Waals surface area contributed by atoms with Gasteiger partial charge in [-0.3, -0.25) is 0 Å². The highest BCUT2D eigenvalue weighted by atomic mass is 79.9. The van der Waals surface area contributed by atoms with Gasteiger partial charge in [0.15, 0.2) is 0 Å². The molecule has 0 saturated heterocycles. The van der Waals surface area contributed by atoms with Gasteiger partial charge in [-0.15, -0.1) is 0 Å². The van der Waals surface area contributed by atoms with E-state index in [4.69, 9.17) is 0 Å². The fraction of sp³-hybridized carbons (Fsp3) is 0.429. The van der Waals surface area contributed by atoms with E-state index >= 15 is 0 Å². The van der Waals surface area contributed by atoms with Gasteiger partial charge in [0, 0.05) is 0 Å². The van der Waals surface area contributed by atoms with Crippen molar-refractivity contribution in [1.82, 2.24) is 0 Å². The van der Waals surface area contributed by atoms with Crippen LogP contribution in [0.4, 0.5) is 0 Å². The molecule has 1 aliphatic rings. The van der Waals surface area contributed by atoms with Gasteiger partial charge in [0.05, 0.1) is 0 Å². The Morgan fingerprint density at radius 1 is 1.38 bits per heavy atom. The monoisotopic (exact) mass is 172 g/mol.